The summed E-state index contributed by atoms with van der Waals surface area (Å²) >= 11 is 0. The predicted molar refractivity (Wildman–Crippen MR) is 96.6 cm³/mol. The Kier molecular flexibility index (Phi) is 4.57. The number of rotatable bonds is 4. The van der Waals surface area contributed by atoms with E-state index in [1.807, 2.05) is 33.8 Å². The molecule has 132 valence electrons. The summed E-state index contributed by atoms with van der Waals surface area (Å²) in [5.74, 6) is 0.800. The number of carbonyl (C=O) groups excluding carboxylic acids is 1. The molecule has 1 aliphatic rings. The number of nitrogens with zero attached hydrogens (tertiary/aromatic N) is 2. The van der Waals surface area contributed by atoms with Crippen molar-refractivity contribution in [3.8, 4) is 17.7 Å². The number of ether oxygens (including phenoxy) is 1. The zero-order chi connectivity index (χ0) is 18.9. The lowest BCUT2D eigenvalue weighted by molar-refractivity contribution is 0.00578. The van der Waals surface area contributed by atoms with Gasteiger partial charge in [-0.15, -0.1) is 0 Å². The van der Waals surface area contributed by atoms with E-state index in [0.717, 1.165) is 6.29 Å². The summed E-state index contributed by atoms with van der Waals surface area (Å²) in [6.45, 7) is 7.84. The van der Waals surface area contributed by atoms with E-state index in [0.29, 0.717) is 28.2 Å². The third-order valence-electron chi connectivity index (χ3n) is 4.78. The summed E-state index contributed by atoms with van der Waals surface area (Å²) in [5, 5.41) is 8.80. The number of benzene rings is 1. The van der Waals surface area contributed by atoms with Gasteiger partial charge in [-0.2, -0.15) is 5.26 Å². The number of nitriles is 1. The van der Waals surface area contributed by atoms with E-state index >= 15 is 0 Å². The van der Waals surface area contributed by atoms with E-state index in [2.05, 4.69) is 4.98 Å². The molecule has 2 aromatic rings. The van der Waals surface area contributed by atoms with E-state index in [4.69, 9.17) is 19.3 Å². The summed E-state index contributed by atoms with van der Waals surface area (Å²) in [4.78, 5) is 15.6. The highest BCUT2D eigenvalue weighted by atomic mass is 16.7. The fourth-order valence-corrected chi connectivity index (χ4v) is 2.53. The Morgan fingerprint density at radius 2 is 1.85 bits per heavy atom. The summed E-state index contributed by atoms with van der Waals surface area (Å²) in [6, 6.07) is 10.3. The fraction of sp³-hybridized carbons (Fsp3) is 0.316. The van der Waals surface area contributed by atoms with Crippen molar-refractivity contribution < 1.29 is 18.8 Å². The Morgan fingerprint density at radius 1 is 1.15 bits per heavy atom. The van der Waals surface area contributed by atoms with Crippen LogP contribution < -0.4 is 10.2 Å². The van der Waals surface area contributed by atoms with Crippen molar-refractivity contribution in [1.29, 1.82) is 5.26 Å². The molecule has 3 rings (SSSR count). The Bertz CT molecular complexity index is 856. The highest BCUT2D eigenvalue weighted by Gasteiger charge is 2.52. The molecule has 0 unspecified atom stereocenters. The van der Waals surface area contributed by atoms with Crippen LogP contribution in [0.5, 0.6) is 11.6 Å². The topological polar surface area (TPSA) is 81.4 Å². The van der Waals surface area contributed by atoms with Crippen molar-refractivity contribution in [2.24, 2.45) is 0 Å². The van der Waals surface area contributed by atoms with Crippen LogP contribution in [0.15, 0.2) is 36.5 Å². The molecule has 0 aliphatic carbocycles. The Morgan fingerprint density at radius 3 is 2.38 bits per heavy atom. The molecule has 0 bridgehead atoms. The number of carbonyl (C=O) groups is 1. The van der Waals surface area contributed by atoms with Gasteiger partial charge < -0.3 is 14.0 Å². The van der Waals surface area contributed by atoms with Gasteiger partial charge in [-0.1, -0.05) is 6.07 Å². The van der Waals surface area contributed by atoms with Crippen LogP contribution in [0.3, 0.4) is 0 Å². The molecule has 1 aromatic heterocycles. The van der Waals surface area contributed by atoms with Crippen molar-refractivity contribution in [3.05, 3.63) is 47.7 Å². The molecule has 26 heavy (non-hydrogen) atoms. The summed E-state index contributed by atoms with van der Waals surface area (Å²) in [7, 11) is -0.623. The Balaban J connectivity index is 1.84. The van der Waals surface area contributed by atoms with Gasteiger partial charge in [0.15, 0.2) is 0 Å². The maximum Gasteiger partial charge on any atom is 0.495 e. The van der Waals surface area contributed by atoms with Crippen LogP contribution >= 0.6 is 0 Å². The van der Waals surface area contributed by atoms with Crippen LogP contribution in [0.4, 0.5) is 0 Å². The monoisotopic (exact) mass is 350 g/mol. The smallest absolute Gasteiger partial charge is 0.439 e. The van der Waals surface area contributed by atoms with Gasteiger partial charge in [0.25, 0.3) is 0 Å². The molecule has 1 aromatic carbocycles. The van der Waals surface area contributed by atoms with Gasteiger partial charge in [-0.05, 0) is 51.4 Å². The number of aromatic nitrogens is 1. The predicted octanol–water partition coefficient (Wildman–Crippen LogP) is 2.86. The highest BCUT2D eigenvalue weighted by molar-refractivity contribution is 6.63. The van der Waals surface area contributed by atoms with Crippen molar-refractivity contribution in [1.82, 2.24) is 4.98 Å². The molecule has 0 spiro atoms. The third-order valence-corrected chi connectivity index (χ3v) is 4.78. The van der Waals surface area contributed by atoms with Crippen LogP contribution in [-0.4, -0.2) is 29.6 Å². The van der Waals surface area contributed by atoms with Gasteiger partial charge in [0.2, 0.25) is 5.88 Å². The molecule has 1 aliphatic heterocycles. The van der Waals surface area contributed by atoms with E-state index in [1.54, 1.807) is 30.3 Å². The zero-order valence-electron chi connectivity index (χ0n) is 15.1. The second-order valence-corrected chi connectivity index (χ2v) is 7.10. The summed E-state index contributed by atoms with van der Waals surface area (Å²) in [6.07, 6.45) is 2.17. The van der Waals surface area contributed by atoms with Crippen LogP contribution in [0.25, 0.3) is 0 Å². The lowest BCUT2D eigenvalue weighted by Crippen LogP contribution is -2.41. The van der Waals surface area contributed by atoms with Gasteiger partial charge in [-0.25, -0.2) is 4.98 Å². The van der Waals surface area contributed by atoms with Gasteiger partial charge in [-0.3, -0.25) is 4.79 Å². The molecule has 0 saturated carbocycles. The second kappa shape index (κ2) is 6.56. The average molecular weight is 350 g/mol. The van der Waals surface area contributed by atoms with Crippen LogP contribution in [0.1, 0.15) is 43.6 Å². The molecular formula is C19H19BN2O4. The van der Waals surface area contributed by atoms with Gasteiger partial charge in [0.05, 0.1) is 16.8 Å². The lowest BCUT2D eigenvalue weighted by atomic mass is 9.76. The molecule has 0 amide bonds. The number of hydrogen-bond acceptors (Lipinski definition) is 6. The van der Waals surface area contributed by atoms with E-state index in [-0.39, 0.29) is 0 Å². The second-order valence-electron chi connectivity index (χ2n) is 7.10. The molecule has 6 nitrogen and oxygen atoms in total. The first-order valence-electron chi connectivity index (χ1n) is 8.24. The van der Waals surface area contributed by atoms with Gasteiger partial charge >= 0.3 is 7.12 Å². The molecule has 7 heteroatoms. The standard InChI is InChI=1S/C19H19BN2O4/c1-18(2)19(3,4)26-20(25-18)16-7-6-15(9-14(16)12-23)24-17-8-5-13(10-21)11-22-17/h5-9,11-12H,1-4H3. The zero-order valence-corrected chi connectivity index (χ0v) is 15.1. The Hall–Kier alpha value is -2.69. The summed E-state index contributed by atoms with van der Waals surface area (Å²) in [5.41, 5.74) is 0.550. The largest absolute Gasteiger partial charge is 0.495 e. The first kappa shape index (κ1) is 18.1. The van der Waals surface area contributed by atoms with E-state index < -0.39 is 18.3 Å². The maximum atomic E-state index is 11.6. The fourth-order valence-electron chi connectivity index (χ4n) is 2.53. The van der Waals surface area contributed by atoms with Crippen molar-refractivity contribution in [2.45, 2.75) is 38.9 Å². The molecular weight excluding hydrogens is 331 g/mol. The Labute approximate surface area is 152 Å². The molecule has 0 N–H and O–H groups in total. The van der Waals surface area contributed by atoms with E-state index in [9.17, 15) is 4.79 Å². The summed E-state index contributed by atoms with van der Waals surface area (Å²) < 4.78 is 17.7. The van der Waals surface area contributed by atoms with Crippen molar-refractivity contribution in [2.75, 3.05) is 0 Å². The van der Waals surface area contributed by atoms with Crippen LogP contribution in [-0.2, 0) is 9.31 Å². The number of pyridine rings is 1. The third kappa shape index (κ3) is 3.34. The minimum Gasteiger partial charge on any atom is -0.439 e. The minimum absolute atomic E-state index is 0.337. The maximum absolute atomic E-state index is 11.6. The van der Waals surface area contributed by atoms with Crippen LogP contribution in [0.2, 0.25) is 0 Å². The highest BCUT2D eigenvalue weighted by Crippen LogP contribution is 2.36. The number of hydrogen-bond donors (Lipinski definition) is 0. The molecule has 0 atom stereocenters. The molecule has 1 fully saturated rings. The van der Waals surface area contributed by atoms with Crippen molar-refractivity contribution >= 4 is 18.9 Å². The SMILES string of the molecule is CC1(C)OB(c2ccc(Oc3ccc(C#N)cn3)cc2C=O)OC1(C)C. The quantitative estimate of drug-likeness (QED) is 0.623. The normalized spacial score (nSPS) is 17.6. The van der Waals surface area contributed by atoms with Gasteiger partial charge in [0, 0.05) is 17.8 Å². The lowest BCUT2D eigenvalue weighted by Gasteiger charge is -2.32. The van der Waals surface area contributed by atoms with Crippen molar-refractivity contribution in [3.63, 3.8) is 0 Å². The molecule has 2 heterocycles. The molecule has 0 radical (unpaired) electrons. The minimum atomic E-state index is -0.623. The van der Waals surface area contributed by atoms with Gasteiger partial charge in [0.1, 0.15) is 18.1 Å². The molecule has 1 saturated heterocycles. The van der Waals surface area contributed by atoms with Crippen LogP contribution in [0, 0.1) is 11.3 Å². The average Bonchev–Trinajstić information content (AvgIpc) is 2.83. The number of aldehydes is 1. The van der Waals surface area contributed by atoms with E-state index in [1.165, 1.54) is 6.20 Å². The first-order valence-corrected chi connectivity index (χ1v) is 8.24. The first-order chi connectivity index (χ1) is 12.3.